The van der Waals surface area contributed by atoms with Crippen molar-refractivity contribution >= 4 is 15.9 Å². The van der Waals surface area contributed by atoms with Crippen LogP contribution < -0.4 is 4.72 Å². The first kappa shape index (κ1) is 17.6. The van der Waals surface area contributed by atoms with Crippen molar-refractivity contribution < 1.29 is 13.2 Å². The molecule has 1 aliphatic rings. The van der Waals surface area contributed by atoms with Crippen LogP contribution in [0.4, 0.5) is 0 Å². The fourth-order valence-corrected chi connectivity index (χ4v) is 4.46. The summed E-state index contributed by atoms with van der Waals surface area (Å²) in [4.78, 5) is 13.6. The van der Waals surface area contributed by atoms with Gasteiger partial charge in [0.1, 0.15) is 0 Å². The molecule has 0 bridgehead atoms. The Kier molecular flexibility index (Phi) is 4.92. The maximum absolute atomic E-state index is 12.7. The molecule has 1 atom stereocenters. The van der Waals surface area contributed by atoms with Gasteiger partial charge < -0.3 is 4.90 Å². The predicted molar refractivity (Wildman–Crippen MR) is 97.0 cm³/mol. The van der Waals surface area contributed by atoms with Crippen LogP contribution in [0.1, 0.15) is 27.9 Å². The van der Waals surface area contributed by atoms with E-state index >= 15 is 0 Å². The van der Waals surface area contributed by atoms with E-state index in [1.54, 1.807) is 26.2 Å². The average Bonchev–Trinajstić information content (AvgIpc) is 2.60. The van der Waals surface area contributed by atoms with Crippen molar-refractivity contribution in [1.29, 1.82) is 0 Å². The molecule has 0 unspecified atom stereocenters. The van der Waals surface area contributed by atoms with Crippen LogP contribution in [0, 0.1) is 0 Å². The monoisotopic (exact) mass is 358 g/mol. The summed E-state index contributed by atoms with van der Waals surface area (Å²) in [6.07, 6.45) is 2.32. The Hall–Kier alpha value is -2.18. The number of benzene rings is 2. The standard InChI is InChI=1S/C19H22N2O3S/c1-21(2)19(22)16-8-5-9-18(13-16)25(23,24)20-17-11-10-14-6-3-4-7-15(14)12-17/h3-9,13,17,20H,10-12H2,1-2H3/t17-/m1/s1. The molecule has 0 spiro atoms. The number of rotatable bonds is 4. The van der Waals surface area contributed by atoms with Gasteiger partial charge in [-0.3, -0.25) is 4.79 Å². The van der Waals surface area contributed by atoms with E-state index in [9.17, 15) is 13.2 Å². The van der Waals surface area contributed by atoms with E-state index in [1.807, 2.05) is 18.2 Å². The molecule has 0 aromatic heterocycles. The molecule has 2 aromatic carbocycles. The highest BCUT2D eigenvalue weighted by molar-refractivity contribution is 7.89. The van der Waals surface area contributed by atoms with Crippen molar-refractivity contribution in [3.05, 3.63) is 65.2 Å². The molecule has 0 fully saturated rings. The molecule has 6 heteroatoms. The van der Waals surface area contributed by atoms with Gasteiger partial charge in [0.25, 0.3) is 5.91 Å². The summed E-state index contributed by atoms with van der Waals surface area (Å²) in [5.41, 5.74) is 2.84. The van der Waals surface area contributed by atoms with Gasteiger partial charge in [0.05, 0.1) is 4.90 Å². The minimum absolute atomic E-state index is 0.124. The number of fused-ring (bicyclic) bond motifs is 1. The smallest absolute Gasteiger partial charge is 0.253 e. The van der Waals surface area contributed by atoms with Crippen LogP contribution in [0.25, 0.3) is 0 Å². The summed E-state index contributed by atoms with van der Waals surface area (Å²) in [6, 6.07) is 14.2. The third kappa shape index (κ3) is 3.91. The van der Waals surface area contributed by atoms with Crippen molar-refractivity contribution in [2.24, 2.45) is 0 Å². The van der Waals surface area contributed by atoms with Crippen LogP contribution in [0.5, 0.6) is 0 Å². The Balaban J connectivity index is 1.79. The molecule has 5 nitrogen and oxygen atoms in total. The molecule has 25 heavy (non-hydrogen) atoms. The lowest BCUT2D eigenvalue weighted by Crippen LogP contribution is -2.38. The SMILES string of the molecule is CN(C)C(=O)c1cccc(S(=O)(=O)N[C@@H]2CCc3ccccc3C2)c1. The molecule has 132 valence electrons. The largest absolute Gasteiger partial charge is 0.345 e. The summed E-state index contributed by atoms with van der Waals surface area (Å²) < 4.78 is 28.2. The zero-order chi connectivity index (χ0) is 18.0. The molecule has 0 saturated carbocycles. The van der Waals surface area contributed by atoms with Gasteiger partial charge >= 0.3 is 0 Å². The minimum atomic E-state index is -3.66. The van der Waals surface area contributed by atoms with E-state index in [1.165, 1.54) is 28.2 Å². The lowest BCUT2D eigenvalue weighted by atomic mass is 9.89. The lowest BCUT2D eigenvalue weighted by Gasteiger charge is -2.25. The van der Waals surface area contributed by atoms with E-state index in [0.717, 1.165) is 12.8 Å². The molecular weight excluding hydrogens is 336 g/mol. The number of nitrogens with one attached hydrogen (secondary N) is 1. The Labute approximate surface area is 148 Å². The Bertz CT molecular complexity index is 891. The molecule has 1 amide bonds. The topological polar surface area (TPSA) is 66.5 Å². The third-order valence-corrected chi connectivity index (χ3v) is 5.98. The summed E-state index contributed by atoms with van der Waals surface area (Å²) in [5.74, 6) is -0.219. The molecule has 1 N–H and O–H groups in total. The first-order chi connectivity index (χ1) is 11.9. The molecule has 1 aliphatic carbocycles. The van der Waals surface area contributed by atoms with E-state index in [0.29, 0.717) is 12.0 Å². The van der Waals surface area contributed by atoms with Gasteiger partial charge in [-0.25, -0.2) is 13.1 Å². The fourth-order valence-electron chi connectivity index (χ4n) is 3.14. The Morgan fingerprint density at radius 1 is 1.08 bits per heavy atom. The summed E-state index contributed by atoms with van der Waals surface area (Å²) in [7, 11) is -0.385. The van der Waals surface area contributed by atoms with Crippen molar-refractivity contribution in [2.75, 3.05) is 14.1 Å². The van der Waals surface area contributed by atoms with Crippen LogP contribution >= 0.6 is 0 Å². The number of hydrogen-bond acceptors (Lipinski definition) is 3. The van der Waals surface area contributed by atoms with Crippen LogP contribution in [0.3, 0.4) is 0 Å². The molecule has 0 aliphatic heterocycles. The minimum Gasteiger partial charge on any atom is -0.345 e. The molecule has 2 aromatic rings. The highest BCUT2D eigenvalue weighted by Crippen LogP contribution is 2.22. The second kappa shape index (κ2) is 6.98. The highest BCUT2D eigenvalue weighted by Gasteiger charge is 2.24. The number of hydrogen-bond donors (Lipinski definition) is 1. The second-order valence-corrected chi connectivity index (χ2v) is 8.27. The van der Waals surface area contributed by atoms with Gasteiger partial charge in [-0.1, -0.05) is 30.3 Å². The summed E-state index contributed by atoms with van der Waals surface area (Å²) in [6.45, 7) is 0. The molecule has 0 heterocycles. The Morgan fingerprint density at radius 3 is 2.52 bits per heavy atom. The fraction of sp³-hybridized carbons (Fsp3) is 0.316. The zero-order valence-corrected chi connectivity index (χ0v) is 15.2. The van der Waals surface area contributed by atoms with Gasteiger partial charge in [0.15, 0.2) is 0 Å². The second-order valence-electron chi connectivity index (χ2n) is 6.56. The zero-order valence-electron chi connectivity index (χ0n) is 14.4. The predicted octanol–water partition coefficient (Wildman–Crippen LogP) is 2.22. The van der Waals surface area contributed by atoms with E-state index in [4.69, 9.17) is 0 Å². The van der Waals surface area contributed by atoms with Gasteiger partial charge in [0, 0.05) is 25.7 Å². The number of aryl methyl sites for hydroxylation is 1. The average molecular weight is 358 g/mol. The normalized spacial score (nSPS) is 17.0. The number of carbonyl (C=O) groups is 1. The molecule has 0 radical (unpaired) electrons. The van der Waals surface area contributed by atoms with Gasteiger partial charge in [0.2, 0.25) is 10.0 Å². The molecule has 3 rings (SSSR count). The van der Waals surface area contributed by atoms with Crippen molar-refractivity contribution in [1.82, 2.24) is 9.62 Å². The van der Waals surface area contributed by atoms with E-state index in [-0.39, 0.29) is 16.8 Å². The first-order valence-corrected chi connectivity index (χ1v) is 9.76. The van der Waals surface area contributed by atoms with Crippen LogP contribution in [0.15, 0.2) is 53.4 Å². The number of carbonyl (C=O) groups excluding carboxylic acids is 1. The van der Waals surface area contributed by atoms with E-state index < -0.39 is 10.0 Å². The number of amides is 1. The molecule has 0 saturated heterocycles. The van der Waals surface area contributed by atoms with Crippen LogP contribution in [0.2, 0.25) is 0 Å². The van der Waals surface area contributed by atoms with Crippen molar-refractivity contribution in [3.8, 4) is 0 Å². The van der Waals surface area contributed by atoms with Crippen molar-refractivity contribution in [2.45, 2.75) is 30.2 Å². The quantitative estimate of drug-likeness (QED) is 0.911. The third-order valence-electron chi connectivity index (χ3n) is 4.47. The van der Waals surface area contributed by atoms with Crippen molar-refractivity contribution in [3.63, 3.8) is 0 Å². The maximum atomic E-state index is 12.7. The summed E-state index contributed by atoms with van der Waals surface area (Å²) >= 11 is 0. The summed E-state index contributed by atoms with van der Waals surface area (Å²) in [5, 5.41) is 0. The van der Waals surface area contributed by atoms with Crippen LogP contribution in [-0.2, 0) is 22.9 Å². The lowest BCUT2D eigenvalue weighted by molar-refractivity contribution is 0.0827. The first-order valence-electron chi connectivity index (χ1n) is 8.27. The van der Waals surface area contributed by atoms with Gasteiger partial charge in [-0.05, 0) is 48.6 Å². The number of nitrogens with zero attached hydrogens (tertiary/aromatic N) is 1. The van der Waals surface area contributed by atoms with Crippen LogP contribution in [-0.4, -0.2) is 39.4 Å². The molecular formula is C19H22N2O3S. The van der Waals surface area contributed by atoms with E-state index in [2.05, 4.69) is 10.8 Å². The van der Waals surface area contributed by atoms with Gasteiger partial charge in [-0.2, -0.15) is 0 Å². The van der Waals surface area contributed by atoms with Gasteiger partial charge in [-0.15, -0.1) is 0 Å². The Morgan fingerprint density at radius 2 is 1.80 bits per heavy atom. The highest BCUT2D eigenvalue weighted by atomic mass is 32.2. The number of sulfonamides is 1. The maximum Gasteiger partial charge on any atom is 0.253 e.